The van der Waals surface area contributed by atoms with Crippen molar-refractivity contribution in [2.45, 2.75) is 25.8 Å². The molecule has 2 heterocycles. The summed E-state index contributed by atoms with van der Waals surface area (Å²) in [5.74, 6) is -0.875. The Hall–Kier alpha value is -2.67. The first-order chi connectivity index (χ1) is 13.5. The van der Waals surface area contributed by atoms with E-state index in [-0.39, 0.29) is 11.3 Å². The number of aromatic nitrogens is 1. The molecule has 2 aromatic rings. The van der Waals surface area contributed by atoms with Gasteiger partial charge in [0.2, 0.25) is 0 Å². The number of halogens is 1. The van der Waals surface area contributed by atoms with Crippen molar-refractivity contribution in [3.8, 4) is 5.75 Å². The number of amides is 1. The van der Waals surface area contributed by atoms with E-state index < -0.39 is 17.7 Å². The van der Waals surface area contributed by atoms with E-state index >= 15 is 0 Å². The largest absolute Gasteiger partial charge is 0.507 e. The van der Waals surface area contributed by atoms with E-state index in [1.54, 1.807) is 49.8 Å². The quantitative estimate of drug-likeness (QED) is 0.412. The number of ketones is 1. The Bertz CT molecular complexity index is 927. The van der Waals surface area contributed by atoms with E-state index in [0.29, 0.717) is 22.3 Å². The van der Waals surface area contributed by atoms with Crippen molar-refractivity contribution in [3.05, 3.63) is 63.9 Å². The number of pyridine rings is 1. The molecule has 0 radical (unpaired) electrons. The molecule has 0 aliphatic carbocycles. The Balaban J connectivity index is 2.15. The highest BCUT2D eigenvalue weighted by molar-refractivity contribution is 9.10. The third-order valence-corrected chi connectivity index (χ3v) is 5.36. The van der Waals surface area contributed by atoms with Gasteiger partial charge in [0.05, 0.1) is 23.2 Å². The topological polar surface area (TPSA) is 79.7 Å². The maximum absolute atomic E-state index is 12.8. The van der Waals surface area contributed by atoms with Gasteiger partial charge in [-0.15, -0.1) is 0 Å². The van der Waals surface area contributed by atoms with Crippen molar-refractivity contribution in [3.63, 3.8) is 0 Å². The zero-order valence-electron chi connectivity index (χ0n) is 15.7. The summed E-state index contributed by atoms with van der Waals surface area (Å²) in [7, 11) is 1.54. The van der Waals surface area contributed by atoms with Crippen molar-refractivity contribution >= 4 is 33.4 Å². The summed E-state index contributed by atoms with van der Waals surface area (Å²) in [5, 5.41) is 11.0. The average molecular weight is 445 g/mol. The van der Waals surface area contributed by atoms with Crippen LogP contribution < -0.4 is 4.74 Å². The fraction of sp³-hybridized carbons (Fsp3) is 0.286. The van der Waals surface area contributed by atoms with Gasteiger partial charge in [0.15, 0.2) is 0 Å². The summed E-state index contributed by atoms with van der Waals surface area (Å²) < 4.78 is 5.85. The molecule has 1 aromatic heterocycles. The molecule has 1 atom stereocenters. The van der Waals surface area contributed by atoms with Gasteiger partial charge in [-0.25, -0.2) is 0 Å². The minimum Gasteiger partial charge on any atom is -0.507 e. The molecule has 1 aromatic carbocycles. The zero-order valence-corrected chi connectivity index (χ0v) is 17.3. The highest BCUT2D eigenvalue weighted by atomic mass is 79.9. The van der Waals surface area contributed by atoms with Gasteiger partial charge >= 0.3 is 0 Å². The predicted molar refractivity (Wildman–Crippen MR) is 109 cm³/mol. The third kappa shape index (κ3) is 3.67. The van der Waals surface area contributed by atoms with Crippen molar-refractivity contribution < 1.29 is 19.4 Å². The second kappa shape index (κ2) is 8.56. The van der Waals surface area contributed by atoms with Crippen molar-refractivity contribution in [2.24, 2.45) is 0 Å². The number of hydrogen-bond donors (Lipinski definition) is 1. The van der Waals surface area contributed by atoms with E-state index in [0.717, 1.165) is 18.4 Å². The fourth-order valence-corrected chi connectivity index (χ4v) is 3.84. The van der Waals surface area contributed by atoms with Crippen LogP contribution in [-0.4, -0.2) is 40.3 Å². The van der Waals surface area contributed by atoms with Crippen LogP contribution in [0.2, 0.25) is 0 Å². The van der Waals surface area contributed by atoms with Crippen LogP contribution in [0.5, 0.6) is 5.75 Å². The molecular weight excluding hydrogens is 424 g/mol. The molecule has 0 saturated carbocycles. The zero-order chi connectivity index (χ0) is 20.3. The highest BCUT2D eigenvalue weighted by Crippen LogP contribution is 2.40. The number of hydrogen-bond acceptors (Lipinski definition) is 5. The van der Waals surface area contributed by atoms with E-state index in [1.165, 1.54) is 4.90 Å². The lowest BCUT2D eigenvalue weighted by Crippen LogP contribution is -2.30. The molecule has 1 aliphatic rings. The molecule has 1 N–H and O–H groups in total. The number of aliphatic hydroxyl groups is 1. The molecule has 6 nitrogen and oxygen atoms in total. The molecule has 146 valence electrons. The van der Waals surface area contributed by atoms with Gasteiger partial charge < -0.3 is 14.7 Å². The first-order valence-corrected chi connectivity index (χ1v) is 9.81. The molecule has 0 spiro atoms. The van der Waals surface area contributed by atoms with Crippen LogP contribution in [0.25, 0.3) is 5.76 Å². The predicted octanol–water partition coefficient (Wildman–Crippen LogP) is 4.07. The Labute approximate surface area is 172 Å². The van der Waals surface area contributed by atoms with Crippen LogP contribution in [0.15, 0.2) is 52.8 Å². The lowest BCUT2D eigenvalue weighted by molar-refractivity contribution is -0.139. The number of ether oxygens (including phenoxy) is 1. The summed E-state index contributed by atoms with van der Waals surface area (Å²) in [5.41, 5.74) is 1.25. The first-order valence-electron chi connectivity index (χ1n) is 9.01. The minimum absolute atomic E-state index is 0.0874. The van der Waals surface area contributed by atoms with Gasteiger partial charge in [-0.1, -0.05) is 13.3 Å². The first kappa shape index (κ1) is 20.1. The molecule has 1 unspecified atom stereocenters. The van der Waals surface area contributed by atoms with E-state index in [1.807, 2.05) is 6.92 Å². The van der Waals surface area contributed by atoms with Gasteiger partial charge in [0.1, 0.15) is 11.5 Å². The summed E-state index contributed by atoms with van der Waals surface area (Å²) in [4.78, 5) is 31.1. The number of benzene rings is 1. The van der Waals surface area contributed by atoms with Gasteiger partial charge in [0, 0.05) is 24.5 Å². The highest BCUT2D eigenvalue weighted by Gasteiger charge is 2.45. The molecule has 0 bridgehead atoms. The number of methoxy groups -OCH3 is 1. The van der Waals surface area contributed by atoms with E-state index in [2.05, 4.69) is 20.9 Å². The van der Waals surface area contributed by atoms with Crippen LogP contribution in [-0.2, 0) is 9.59 Å². The summed E-state index contributed by atoms with van der Waals surface area (Å²) in [6.07, 6.45) is 4.87. The number of aliphatic hydroxyl groups excluding tert-OH is 1. The number of unbranched alkanes of at least 4 members (excludes halogenated alkanes) is 1. The molecule has 7 heteroatoms. The van der Waals surface area contributed by atoms with Gasteiger partial charge in [-0.3, -0.25) is 14.6 Å². The Morgan fingerprint density at radius 2 is 1.96 bits per heavy atom. The van der Waals surface area contributed by atoms with Crippen molar-refractivity contribution in [1.29, 1.82) is 0 Å². The van der Waals surface area contributed by atoms with Crippen LogP contribution in [0.1, 0.15) is 36.9 Å². The van der Waals surface area contributed by atoms with E-state index in [9.17, 15) is 14.7 Å². The van der Waals surface area contributed by atoms with Crippen LogP contribution in [0.4, 0.5) is 0 Å². The van der Waals surface area contributed by atoms with Crippen LogP contribution in [0, 0.1) is 0 Å². The average Bonchev–Trinajstić information content (AvgIpc) is 2.97. The lowest BCUT2D eigenvalue weighted by atomic mass is 9.96. The number of nitrogens with zero attached hydrogens (tertiary/aromatic N) is 2. The number of carbonyl (C=O) groups is 2. The number of Topliss-reactive ketones (excluding diaryl/α,β-unsaturated/α-hetero) is 1. The van der Waals surface area contributed by atoms with Gasteiger partial charge in [-0.2, -0.15) is 0 Å². The Kier molecular flexibility index (Phi) is 6.14. The van der Waals surface area contributed by atoms with Gasteiger partial charge in [-0.05, 0) is 58.2 Å². The molecule has 3 rings (SSSR count). The molecule has 28 heavy (non-hydrogen) atoms. The van der Waals surface area contributed by atoms with Crippen LogP contribution in [0.3, 0.4) is 0 Å². The van der Waals surface area contributed by atoms with E-state index in [4.69, 9.17) is 4.74 Å². The Morgan fingerprint density at radius 3 is 2.57 bits per heavy atom. The number of likely N-dealkylation sites (tertiary alicyclic amines) is 1. The lowest BCUT2D eigenvalue weighted by Gasteiger charge is -2.25. The monoisotopic (exact) mass is 444 g/mol. The minimum atomic E-state index is -0.678. The Morgan fingerprint density at radius 1 is 1.25 bits per heavy atom. The summed E-state index contributed by atoms with van der Waals surface area (Å²) in [6, 6.07) is 7.88. The third-order valence-electron chi connectivity index (χ3n) is 4.74. The summed E-state index contributed by atoms with van der Waals surface area (Å²) in [6.45, 7) is 2.46. The fourth-order valence-electron chi connectivity index (χ4n) is 3.30. The smallest absolute Gasteiger partial charge is 0.295 e. The standard InChI is InChI=1S/C21H21BrN2O4/c1-3-4-11-24-18(13-7-9-23-10-8-13)17(20(26)21(24)27)19(25)14-5-6-16(28-2)15(22)12-14/h5-10,12,18,25H,3-4,11H2,1-2H3/b19-17-. The molecule has 1 amide bonds. The summed E-state index contributed by atoms with van der Waals surface area (Å²) >= 11 is 3.39. The molecule has 1 fully saturated rings. The van der Waals surface area contributed by atoms with Crippen LogP contribution >= 0.6 is 15.9 Å². The maximum atomic E-state index is 12.8. The number of rotatable bonds is 6. The molecule has 1 saturated heterocycles. The second-order valence-electron chi connectivity index (χ2n) is 6.48. The van der Waals surface area contributed by atoms with Gasteiger partial charge in [0.25, 0.3) is 11.7 Å². The van der Waals surface area contributed by atoms with Crippen molar-refractivity contribution in [2.75, 3.05) is 13.7 Å². The molecule has 1 aliphatic heterocycles. The second-order valence-corrected chi connectivity index (χ2v) is 7.33. The maximum Gasteiger partial charge on any atom is 0.295 e. The van der Waals surface area contributed by atoms with Crippen molar-refractivity contribution in [1.82, 2.24) is 9.88 Å². The normalized spacial score (nSPS) is 18.5. The SMILES string of the molecule is CCCCN1C(=O)C(=O)/C(=C(\O)c2ccc(OC)c(Br)c2)C1c1ccncc1. The number of carbonyl (C=O) groups excluding carboxylic acids is 2. The molecular formula is C21H21BrN2O4.